The Bertz CT molecular complexity index is 625. The second kappa shape index (κ2) is 10.6. The molecule has 11 nitrogen and oxygen atoms in total. The number of hydrogen-bond donors (Lipinski definition) is 5. The zero-order chi connectivity index (χ0) is 21.4. The monoisotopic (exact) mass is 399 g/mol. The Balaban J connectivity index is 2.61. The van der Waals surface area contributed by atoms with Crippen molar-refractivity contribution in [2.45, 2.75) is 57.7 Å². The second-order valence-electron chi connectivity index (χ2n) is 6.95. The Morgan fingerprint density at radius 3 is 2.43 bits per heavy atom. The van der Waals surface area contributed by atoms with Crippen LogP contribution in [-0.2, 0) is 24.0 Å². The lowest BCUT2D eigenvalue weighted by Gasteiger charge is -2.26. The highest BCUT2D eigenvalue weighted by molar-refractivity contribution is 5.94. The topological polar surface area (TPSA) is 185 Å². The molecule has 1 aliphatic rings. The fourth-order valence-corrected chi connectivity index (χ4v) is 3.01. The first-order valence-electron chi connectivity index (χ1n) is 9.22. The average Bonchev–Trinajstić information content (AvgIpc) is 3.11. The summed E-state index contributed by atoms with van der Waals surface area (Å²) in [5.41, 5.74) is 10.7. The van der Waals surface area contributed by atoms with Crippen molar-refractivity contribution >= 4 is 29.6 Å². The highest BCUT2D eigenvalue weighted by Crippen LogP contribution is 2.18. The lowest BCUT2D eigenvalue weighted by atomic mass is 9.99. The number of carbonyl (C=O) groups excluding carboxylic acids is 4. The SMILES string of the molecule is CCC(C)C(NC(=O)CNC(=O)C1CCCN1C(=O)C(N)CC(N)=O)C(=O)O. The van der Waals surface area contributed by atoms with E-state index in [4.69, 9.17) is 11.5 Å². The van der Waals surface area contributed by atoms with Crippen LogP contribution in [0.4, 0.5) is 0 Å². The number of nitrogens with zero attached hydrogens (tertiary/aromatic N) is 1. The fourth-order valence-electron chi connectivity index (χ4n) is 3.01. The van der Waals surface area contributed by atoms with Gasteiger partial charge in [-0.25, -0.2) is 4.79 Å². The maximum Gasteiger partial charge on any atom is 0.326 e. The third-order valence-corrected chi connectivity index (χ3v) is 4.80. The minimum Gasteiger partial charge on any atom is -0.480 e. The summed E-state index contributed by atoms with van der Waals surface area (Å²) in [5, 5.41) is 14.0. The first kappa shape index (κ1) is 23.3. The van der Waals surface area contributed by atoms with Gasteiger partial charge in [-0.2, -0.15) is 0 Å². The van der Waals surface area contributed by atoms with Crippen LogP contribution < -0.4 is 22.1 Å². The third-order valence-electron chi connectivity index (χ3n) is 4.80. The van der Waals surface area contributed by atoms with Crippen LogP contribution in [0.25, 0.3) is 0 Å². The van der Waals surface area contributed by atoms with Gasteiger partial charge in [0.1, 0.15) is 12.1 Å². The van der Waals surface area contributed by atoms with E-state index in [0.29, 0.717) is 25.8 Å². The van der Waals surface area contributed by atoms with Gasteiger partial charge in [-0.3, -0.25) is 19.2 Å². The Labute approximate surface area is 163 Å². The summed E-state index contributed by atoms with van der Waals surface area (Å²) in [7, 11) is 0. The maximum absolute atomic E-state index is 12.4. The van der Waals surface area contributed by atoms with Crippen LogP contribution in [0, 0.1) is 5.92 Å². The van der Waals surface area contributed by atoms with Gasteiger partial charge in [0, 0.05) is 6.54 Å². The molecule has 1 rings (SSSR count). The molecule has 0 aromatic carbocycles. The molecule has 4 unspecified atom stereocenters. The number of nitrogens with one attached hydrogen (secondary N) is 2. The predicted molar refractivity (Wildman–Crippen MR) is 98.6 cm³/mol. The van der Waals surface area contributed by atoms with Crippen LogP contribution in [0.3, 0.4) is 0 Å². The molecule has 28 heavy (non-hydrogen) atoms. The molecule has 0 bridgehead atoms. The lowest BCUT2D eigenvalue weighted by Crippen LogP contribution is -2.54. The summed E-state index contributed by atoms with van der Waals surface area (Å²) in [6.07, 6.45) is 1.22. The molecule has 4 amide bonds. The van der Waals surface area contributed by atoms with E-state index in [1.165, 1.54) is 4.90 Å². The molecule has 1 fully saturated rings. The van der Waals surface area contributed by atoms with Gasteiger partial charge in [-0.1, -0.05) is 20.3 Å². The van der Waals surface area contributed by atoms with Crippen molar-refractivity contribution in [2.24, 2.45) is 17.4 Å². The molecular weight excluding hydrogens is 370 g/mol. The Kier molecular flexibility index (Phi) is 8.83. The number of carbonyl (C=O) groups is 5. The van der Waals surface area contributed by atoms with Gasteiger partial charge < -0.3 is 32.1 Å². The number of hydrogen-bond acceptors (Lipinski definition) is 6. The molecule has 0 aromatic heterocycles. The number of nitrogens with two attached hydrogens (primary N) is 2. The van der Waals surface area contributed by atoms with E-state index < -0.39 is 54.3 Å². The average molecular weight is 399 g/mol. The van der Waals surface area contributed by atoms with E-state index in [0.717, 1.165) is 0 Å². The van der Waals surface area contributed by atoms with Crippen LogP contribution in [0.15, 0.2) is 0 Å². The highest BCUT2D eigenvalue weighted by Gasteiger charge is 2.36. The van der Waals surface area contributed by atoms with E-state index >= 15 is 0 Å². The lowest BCUT2D eigenvalue weighted by molar-refractivity contribution is -0.143. The second-order valence-corrected chi connectivity index (χ2v) is 6.95. The van der Waals surface area contributed by atoms with Crippen molar-refractivity contribution < 1.29 is 29.1 Å². The van der Waals surface area contributed by atoms with E-state index in [1.54, 1.807) is 6.92 Å². The van der Waals surface area contributed by atoms with Crippen molar-refractivity contribution in [2.75, 3.05) is 13.1 Å². The fraction of sp³-hybridized carbons (Fsp3) is 0.706. The smallest absolute Gasteiger partial charge is 0.326 e. The van der Waals surface area contributed by atoms with Gasteiger partial charge >= 0.3 is 5.97 Å². The highest BCUT2D eigenvalue weighted by atomic mass is 16.4. The zero-order valence-corrected chi connectivity index (χ0v) is 16.1. The standard InChI is InChI=1S/C17H29N5O6/c1-3-9(2)14(17(27)28)21-13(24)8-20-15(25)11-5-4-6-22(11)16(26)10(18)7-12(19)23/h9-11,14H,3-8,18H2,1-2H3,(H2,19,23)(H,20,25)(H,21,24)(H,27,28). The number of amides is 4. The van der Waals surface area contributed by atoms with Gasteiger partial charge in [-0.15, -0.1) is 0 Å². The van der Waals surface area contributed by atoms with Crippen LogP contribution in [0.1, 0.15) is 39.5 Å². The predicted octanol–water partition coefficient (Wildman–Crippen LogP) is -2.09. The van der Waals surface area contributed by atoms with Crippen LogP contribution in [0.5, 0.6) is 0 Å². The first-order chi connectivity index (χ1) is 13.1. The summed E-state index contributed by atoms with van der Waals surface area (Å²) in [4.78, 5) is 60.2. The Hall–Kier alpha value is -2.69. The van der Waals surface area contributed by atoms with Crippen LogP contribution in [-0.4, -0.2) is 70.8 Å². The van der Waals surface area contributed by atoms with Crippen LogP contribution >= 0.6 is 0 Å². The van der Waals surface area contributed by atoms with Crippen LogP contribution in [0.2, 0.25) is 0 Å². The van der Waals surface area contributed by atoms with Gasteiger partial charge in [0.25, 0.3) is 0 Å². The summed E-state index contributed by atoms with van der Waals surface area (Å²) >= 11 is 0. The number of carboxylic acids is 1. The minimum atomic E-state index is -1.15. The summed E-state index contributed by atoms with van der Waals surface area (Å²) in [6.45, 7) is 3.41. The molecule has 1 saturated heterocycles. The maximum atomic E-state index is 12.4. The van der Waals surface area contributed by atoms with E-state index in [-0.39, 0.29) is 12.3 Å². The molecule has 0 radical (unpaired) electrons. The number of likely N-dealkylation sites (tertiary alicyclic amines) is 1. The largest absolute Gasteiger partial charge is 0.480 e. The molecular formula is C17H29N5O6. The zero-order valence-electron chi connectivity index (χ0n) is 16.1. The summed E-state index contributed by atoms with van der Waals surface area (Å²) in [6, 6.07) is -2.98. The molecule has 7 N–H and O–H groups in total. The van der Waals surface area contributed by atoms with E-state index in [9.17, 15) is 29.1 Å². The van der Waals surface area contributed by atoms with Crippen molar-refractivity contribution in [3.8, 4) is 0 Å². The van der Waals surface area contributed by atoms with Gasteiger partial charge in [-0.05, 0) is 18.8 Å². The van der Waals surface area contributed by atoms with Gasteiger partial charge in [0.2, 0.25) is 23.6 Å². The van der Waals surface area contributed by atoms with Crippen molar-refractivity contribution in [3.05, 3.63) is 0 Å². The molecule has 0 aliphatic carbocycles. The Morgan fingerprint density at radius 2 is 1.89 bits per heavy atom. The number of aliphatic carboxylic acids is 1. The third kappa shape index (κ3) is 6.48. The number of rotatable bonds is 10. The first-order valence-corrected chi connectivity index (χ1v) is 9.22. The minimum absolute atomic E-state index is 0.271. The Morgan fingerprint density at radius 1 is 1.25 bits per heavy atom. The molecule has 4 atom stereocenters. The van der Waals surface area contributed by atoms with Crippen molar-refractivity contribution in [3.63, 3.8) is 0 Å². The normalized spacial score (nSPS) is 19.4. The van der Waals surface area contributed by atoms with Crippen molar-refractivity contribution in [1.29, 1.82) is 0 Å². The number of primary amides is 1. The number of carboxylic acid groups (broad SMARTS) is 1. The molecule has 158 valence electrons. The summed E-state index contributed by atoms with van der Waals surface area (Å²) < 4.78 is 0. The quantitative estimate of drug-likeness (QED) is 0.279. The molecule has 0 aromatic rings. The van der Waals surface area contributed by atoms with Gasteiger partial charge in [0.05, 0.1) is 19.0 Å². The molecule has 11 heteroatoms. The molecule has 1 aliphatic heterocycles. The van der Waals surface area contributed by atoms with Crippen molar-refractivity contribution in [1.82, 2.24) is 15.5 Å². The summed E-state index contributed by atoms with van der Waals surface area (Å²) in [5.74, 6) is -3.86. The molecule has 0 saturated carbocycles. The van der Waals surface area contributed by atoms with E-state index in [2.05, 4.69) is 10.6 Å². The van der Waals surface area contributed by atoms with Gasteiger partial charge in [0.15, 0.2) is 0 Å². The molecule has 1 heterocycles. The van der Waals surface area contributed by atoms with E-state index in [1.807, 2.05) is 6.92 Å². The molecule has 0 spiro atoms.